The van der Waals surface area contributed by atoms with Crippen LogP contribution in [0.1, 0.15) is 59.3 Å². The Balaban J connectivity index is 4.90. The highest BCUT2D eigenvalue weighted by Crippen LogP contribution is 2.18. The molecule has 0 radical (unpaired) electrons. The van der Waals surface area contributed by atoms with E-state index in [0.717, 1.165) is 0 Å². The van der Waals surface area contributed by atoms with Crippen molar-refractivity contribution in [3.63, 3.8) is 0 Å². The van der Waals surface area contributed by atoms with Gasteiger partial charge in [0.15, 0.2) is 0 Å². The summed E-state index contributed by atoms with van der Waals surface area (Å²) in [5.41, 5.74) is 0. The van der Waals surface area contributed by atoms with E-state index in [1.807, 2.05) is 0 Å². The van der Waals surface area contributed by atoms with Gasteiger partial charge in [-0.05, 0) is 42.4 Å². The number of unbranched alkanes of at least 4 members (excludes halogenated alkanes) is 3. The Morgan fingerprint density at radius 2 is 1.33 bits per heavy atom. The van der Waals surface area contributed by atoms with Crippen molar-refractivity contribution in [3.05, 3.63) is 0 Å². The van der Waals surface area contributed by atoms with Crippen molar-refractivity contribution >= 4 is 9.82 Å². The summed E-state index contributed by atoms with van der Waals surface area (Å²) in [6.07, 6.45) is 7.53. The van der Waals surface area contributed by atoms with Crippen LogP contribution in [0.2, 0.25) is 0 Å². The molecular formula is C15H31NOS. The van der Waals surface area contributed by atoms with E-state index in [-0.39, 0.29) is 6.61 Å². The van der Waals surface area contributed by atoms with Crippen molar-refractivity contribution in [1.82, 2.24) is 0 Å². The van der Waals surface area contributed by atoms with Gasteiger partial charge in [0, 0.05) is 6.04 Å². The molecule has 2 nitrogen and oxygen atoms in total. The Labute approximate surface area is 115 Å². The number of hydrogen-bond acceptors (Lipinski definition) is 2. The fraction of sp³-hybridized carbons (Fsp3) is 0.867. The van der Waals surface area contributed by atoms with Crippen LogP contribution >= 0.6 is 0 Å². The lowest BCUT2D eigenvalue weighted by molar-refractivity contribution is 0.350. The molecule has 0 aromatic heterocycles. The van der Waals surface area contributed by atoms with E-state index >= 15 is 0 Å². The summed E-state index contributed by atoms with van der Waals surface area (Å²) in [7, 11) is -1.24. The minimum Gasteiger partial charge on any atom is -0.384 e. The zero-order chi connectivity index (χ0) is 13.7. The predicted molar refractivity (Wildman–Crippen MR) is 85.4 cm³/mol. The quantitative estimate of drug-likeness (QED) is 0.490. The molecule has 3 heteroatoms. The molecule has 0 bridgehead atoms. The zero-order valence-electron chi connectivity index (χ0n) is 12.4. The highest BCUT2D eigenvalue weighted by Gasteiger charge is 2.12. The maximum Gasteiger partial charge on any atom is 0.106 e. The second kappa shape index (κ2) is 11.7. The van der Waals surface area contributed by atoms with E-state index in [0.29, 0.717) is 0 Å². The van der Waals surface area contributed by atoms with Crippen molar-refractivity contribution in [2.45, 2.75) is 59.3 Å². The summed E-state index contributed by atoms with van der Waals surface area (Å²) >= 11 is 0. The SMILES string of the molecule is CCCC[SH](CCCC)(CCCC)=NC#CCO. The third kappa shape index (κ3) is 7.89. The third-order valence-corrected chi connectivity index (χ3v) is 7.17. The first-order chi connectivity index (χ1) is 8.74. The van der Waals surface area contributed by atoms with Crippen LogP contribution in [0.15, 0.2) is 4.36 Å². The van der Waals surface area contributed by atoms with E-state index in [9.17, 15) is 0 Å². The molecule has 0 amide bonds. The second-order valence-electron chi connectivity index (χ2n) is 4.87. The molecular weight excluding hydrogens is 242 g/mol. The summed E-state index contributed by atoms with van der Waals surface area (Å²) < 4.78 is 4.75. The molecule has 0 spiro atoms. The van der Waals surface area contributed by atoms with Gasteiger partial charge < -0.3 is 5.11 Å². The van der Waals surface area contributed by atoms with Crippen LogP contribution in [0, 0.1) is 12.0 Å². The van der Waals surface area contributed by atoms with Gasteiger partial charge in [0.05, 0.1) is 0 Å². The molecule has 0 aliphatic rings. The normalized spacial score (nSPS) is 11.8. The molecule has 18 heavy (non-hydrogen) atoms. The number of aliphatic hydroxyl groups excluding tert-OH is 1. The fourth-order valence-electron chi connectivity index (χ4n) is 2.02. The smallest absolute Gasteiger partial charge is 0.106 e. The molecule has 0 aromatic carbocycles. The van der Waals surface area contributed by atoms with Crippen LogP contribution < -0.4 is 0 Å². The monoisotopic (exact) mass is 273 g/mol. The number of nitrogens with zero attached hydrogens (tertiary/aromatic N) is 1. The van der Waals surface area contributed by atoms with Gasteiger partial charge in [0.1, 0.15) is 6.61 Å². The van der Waals surface area contributed by atoms with Gasteiger partial charge in [-0.25, -0.2) is 0 Å². The highest BCUT2D eigenvalue weighted by molar-refractivity contribution is 8.05. The molecule has 108 valence electrons. The molecule has 0 rings (SSSR count). The number of hydrogen-bond donors (Lipinski definition) is 2. The molecule has 0 aromatic rings. The largest absolute Gasteiger partial charge is 0.384 e. The zero-order valence-corrected chi connectivity index (χ0v) is 13.3. The van der Waals surface area contributed by atoms with Crippen LogP contribution in [-0.4, -0.2) is 29.0 Å². The fourth-order valence-corrected chi connectivity index (χ4v) is 5.99. The van der Waals surface area contributed by atoms with E-state index in [2.05, 4.69) is 32.7 Å². The number of aliphatic hydroxyl groups is 1. The van der Waals surface area contributed by atoms with Crippen LogP contribution in [0.3, 0.4) is 0 Å². The first-order valence-corrected chi connectivity index (χ1v) is 9.71. The first kappa shape index (κ1) is 17.7. The van der Waals surface area contributed by atoms with Gasteiger partial charge in [0.25, 0.3) is 0 Å². The van der Waals surface area contributed by atoms with E-state index in [4.69, 9.17) is 9.47 Å². The molecule has 0 unspecified atom stereocenters. The Kier molecular flexibility index (Phi) is 11.5. The van der Waals surface area contributed by atoms with Gasteiger partial charge >= 0.3 is 0 Å². The lowest BCUT2D eigenvalue weighted by atomic mass is 10.4. The maximum absolute atomic E-state index is 8.77. The summed E-state index contributed by atoms with van der Waals surface area (Å²) in [5.74, 6) is 6.46. The molecule has 0 aliphatic heterocycles. The minimum atomic E-state index is -1.24. The molecule has 0 saturated heterocycles. The van der Waals surface area contributed by atoms with Gasteiger partial charge in [0.2, 0.25) is 0 Å². The summed E-state index contributed by atoms with van der Waals surface area (Å²) in [6, 6.07) is 2.88. The Bertz CT molecular complexity index is 273. The molecule has 0 aliphatic carbocycles. The Morgan fingerprint density at radius 1 is 0.889 bits per heavy atom. The summed E-state index contributed by atoms with van der Waals surface area (Å²) in [4.78, 5) is 0. The Morgan fingerprint density at radius 3 is 1.67 bits per heavy atom. The van der Waals surface area contributed by atoms with Crippen molar-refractivity contribution in [2.24, 2.45) is 4.36 Å². The summed E-state index contributed by atoms with van der Waals surface area (Å²) in [6.45, 7) is 6.66. The van der Waals surface area contributed by atoms with Crippen molar-refractivity contribution in [1.29, 1.82) is 0 Å². The van der Waals surface area contributed by atoms with Gasteiger partial charge in [-0.15, -0.1) is 0 Å². The van der Waals surface area contributed by atoms with Crippen molar-refractivity contribution in [2.75, 3.05) is 23.9 Å². The molecule has 0 heterocycles. The standard InChI is InChI=1S/C15H31NOS/c1-4-7-13-18(14-8-5-2,15-9-6-3)16-11-10-12-17/h17-18H,4-9,12-15H2,1-3H3. The van der Waals surface area contributed by atoms with E-state index in [1.165, 1.54) is 55.8 Å². The second-order valence-corrected chi connectivity index (χ2v) is 8.61. The van der Waals surface area contributed by atoms with Crippen LogP contribution in [0.5, 0.6) is 0 Å². The number of thiol groups is 1. The maximum atomic E-state index is 8.77. The molecule has 0 atom stereocenters. The minimum absolute atomic E-state index is 0.0706. The van der Waals surface area contributed by atoms with Gasteiger partial charge in [-0.1, -0.05) is 40.0 Å². The third-order valence-electron chi connectivity index (χ3n) is 3.20. The summed E-state index contributed by atoms with van der Waals surface area (Å²) in [5, 5.41) is 8.77. The average molecular weight is 273 g/mol. The van der Waals surface area contributed by atoms with Crippen LogP contribution in [-0.2, 0) is 9.82 Å². The lowest BCUT2D eigenvalue weighted by Crippen LogP contribution is -2.24. The van der Waals surface area contributed by atoms with Crippen molar-refractivity contribution < 1.29 is 5.11 Å². The lowest BCUT2D eigenvalue weighted by Gasteiger charge is -2.28. The first-order valence-electron chi connectivity index (χ1n) is 7.41. The topological polar surface area (TPSA) is 32.6 Å². The van der Waals surface area contributed by atoms with Crippen LogP contribution in [0.4, 0.5) is 0 Å². The Hall–Kier alpha value is -0.330. The molecule has 0 fully saturated rings. The molecule has 1 N–H and O–H groups in total. The van der Waals surface area contributed by atoms with Crippen LogP contribution in [0.25, 0.3) is 0 Å². The van der Waals surface area contributed by atoms with E-state index < -0.39 is 9.82 Å². The van der Waals surface area contributed by atoms with Crippen molar-refractivity contribution in [3.8, 4) is 12.0 Å². The van der Waals surface area contributed by atoms with Gasteiger partial charge in [-0.2, -0.15) is 14.2 Å². The van der Waals surface area contributed by atoms with Gasteiger partial charge in [-0.3, -0.25) is 0 Å². The average Bonchev–Trinajstić information content (AvgIpc) is 2.40. The number of rotatable bonds is 9. The highest BCUT2D eigenvalue weighted by atomic mass is 32.2. The predicted octanol–water partition coefficient (Wildman–Crippen LogP) is 3.41. The molecule has 0 saturated carbocycles. The van der Waals surface area contributed by atoms with E-state index in [1.54, 1.807) is 0 Å².